The Morgan fingerprint density at radius 3 is 2.60 bits per heavy atom. The summed E-state index contributed by atoms with van der Waals surface area (Å²) in [4.78, 5) is 27.7. The van der Waals surface area contributed by atoms with E-state index in [0.29, 0.717) is 0 Å². The summed E-state index contributed by atoms with van der Waals surface area (Å²) < 4.78 is 10.7. The van der Waals surface area contributed by atoms with Gasteiger partial charge in [0.15, 0.2) is 0 Å². The van der Waals surface area contributed by atoms with E-state index < -0.39 is 23.7 Å². The fourth-order valence-corrected chi connectivity index (χ4v) is 2.88. The summed E-state index contributed by atoms with van der Waals surface area (Å²) in [5.41, 5.74) is -0.624. The number of amides is 1. The zero-order valence-corrected chi connectivity index (χ0v) is 14.7. The summed E-state index contributed by atoms with van der Waals surface area (Å²) in [5.74, 6) is -0.527. The maximum Gasteiger partial charge on any atom is 0.408 e. The van der Waals surface area contributed by atoms with E-state index in [9.17, 15) is 9.59 Å². The quantitative estimate of drug-likeness (QED) is 0.607. The van der Waals surface area contributed by atoms with Crippen molar-refractivity contribution in [2.45, 2.75) is 38.8 Å². The first-order valence-electron chi connectivity index (χ1n) is 5.88. The van der Waals surface area contributed by atoms with Crippen LogP contribution in [0.25, 0.3) is 0 Å². The average molecular weight is 412 g/mol. The molecule has 0 radical (unpaired) electrons. The zero-order chi connectivity index (χ0) is 15.3. The fourth-order valence-electron chi connectivity index (χ4n) is 1.34. The minimum Gasteiger partial charge on any atom is -0.467 e. The molecule has 0 saturated carbocycles. The molecule has 0 bridgehead atoms. The lowest BCUT2D eigenvalue weighted by atomic mass is 10.2. The maximum atomic E-state index is 11.7. The summed E-state index contributed by atoms with van der Waals surface area (Å²) in [7, 11) is 1.28. The van der Waals surface area contributed by atoms with Crippen LogP contribution in [-0.2, 0) is 20.7 Å². The Kier molecular flexibility index (Phi) is 6.18. The van der Waals surface area contributed by atoms with E-state index in [1.165, 1.54) is 18.4 Å². The second-order valence-corrected chi connectivity index (χ2v) is 7.04. The summed E-state index contributed by atoms with van der Waals surface area (Å²) in [5, 5.41) is 5.13. The molecule has 1 aromatic rings. The first-order chi connectivity index (χ1) is 9.21. The monoisotopic (exact) mass is 412 g/mol. The van der Waals surface area contributed by atoms with Crippen LogP contribution in [0, 0.1) is 3.70 Å². The van der Waals surface area contributed by atoms with Gasteiger partial charge in [-0.2, -0.15) is 0 Å². The number of ether oxygens (including phenoxy) is 2. The normalized spacial score (nSPS) is 12.7. The minimum absolute atomic E-state index is 0.277. The number of rotatable bonds is 4. The van der Waals surface area contributed by atoms with E-state index in [-0.39, 0.29) is 6.42 Å². The van der Waals surface area contributed by atoms with Gasteiger partial charge < -0.3 is 14.8 Å². The molecule has 1 amide bonds. The van der Waals surface area contributed by atoms with Crippen LogP contribution in [0.5, 0.6) is 0 Å². The lowest BCUT2D eigenvalue weighted by Gasteiger charge is -2.22. The van der Waals surface area contributed by atoms with Crippen LogP contribution in [0.15, 0.2) is 5.38 Å². The van der Waals surface area contributed by atoms with Gasteiger partial charge in [-0.3, -0.25) is 0 Å². The number of methoxy groups -OCH3 is 1. The van der Waals surface area contributed by atoms with Crippen LogP contribution < -0.4 is 5.32 Å². The van der Waals surface area contributed by atoms with Gasteiger partial charge >= 0.3 is 12.1 Å². The average Bonchev–Trinajstić information content (AvgIpc) is 2.70. The van der Waals surface area contributed by atoms with Gasteiger partial charge in [0.2, 0.25) is 0 Å². The zero-order valence-electron chi connectivity index (χ0n) is 11.7. The Labute approximate surface area is 135 Å². The van der Waals surface area contributed by atoms with Crippen LogP contribution in [0.1, 0.15) is 25.8 Å². The standard InChI is InChI=1S/C12H17IN2O4S/c1-12(2,3)19-11(17)14-7(10(16)18-4)5-9-15-8(13)6-20-9/h6-7H,5H2,1-4H3,(H,14,17)/t7-/m0/s1. The molecule has 1 heterocycles. The number of hydrogen-bond donors (Lipinski definition) is 1. The number of thiazole rings is 1. The summed E-state index contributed by atoms with van der Waals surface area (Å²) >= 11 is 3.52. The molecule has 1 rings (SSSR count). The van der Waals surface area contributed by atoms with Gasteiger partial charge in [0, 0.05) is 11.8 Å². The smallest absolute Gasteiger partial charge is 0.408 e. The number of halogens is 1. The maximum absolute atomic E-state index is 11.7. The van der Waals surface area contributed by atoms with Crippen molar-refractivity contribution in [1.29, 1.82) is 0 Å². The van der Waals surface area contributed by atoms with Crippen LogP contribution in [0.3, 0.4) is 0 Å². The summed E-state index contributed by atoms with van der Waals surface area (Å²) in [6, 6.07) is -0.809. The third kappa shape index (κ3) is 6.04. The Bertz CT molecular complexity index is 484. The predicted octanol–water partition coefficient (Wildman–Crippen LogP) is 2.36. The van der Waals surface area contributed by atoms with Crippen molar-refractivity contribution in [1.82, 2.24) is 10.3 Å². The van der Waals surface area contributed by atoms with Gasteiger partial charge in [-0.1, -0.05) is 0 Å². The van der Waals surface area contributed by atoms with Crippen molar-refractivity contribution in [2.24, 2.45) is 0 Å². The third-order valence-electron chi connectivity index (χ3n) is 2.08. The number of nitrogens with one attached hydrogen (secondary N) is 1. The third-order valence-corrected chi connectivity index (χ3v) is 3.93. The molecule has 0 fully saturated rings. The molecule has 0 spiro atoms. The molecule has 6 nitrogen and oxygen atoms in total. The van der Waals surface area contributed by atoms with Crippen LogP contribution in [0.4, 0.5) is 4.79 Å². The number of alkyl carbamates (subject to hydrolysis) is 1. The van der Waals surface area contributed by atoms with Gasteiger partial charge in [-0.15, -0.1) is 11.3 Å². The molecule has 0 aliphatic heterocycles. The minimum atomic E-state index is -0.809. The molecule has 0 aliphatic rings. The first-order valence-corrected chi connectivity index (χ1v) is 7.84. The van der Waals surface area contributed by atoms with Gasteiger partial charge in [0.05, 0.1) is 12.1 Å². The van der Waals surface area contributed by atoms with Gasteiger partial charge in [0.25, 0.3) is 0 Å². The number of esters is 1. The topological polar surface area (TPSA) is 77.5 Å². The molecule has 0 aliphatic carbocycles. The fraction of sp³-hybridized carbons (Fsp3) is 0.583. The largest absolute Gasteiger partial charge is 0.467 e. The van der Waals surface area contributed by atoms with Crippen molar-refractivity contribution in [2.75, 3.05) is 7.11 Å². The van der Waals surface area contributed by atoms with Gasteiger partial charge in [-0.05, 0) is 43.4 Å². The molecule has 1 N–H and O–H groups in total. The molecule has 0 saturated heterocycles. The SMILES string of the molecule is COC(=O)[C@H](Cc1nc(I)cs1)NC(=O)OC(C)(C)C. The van der Waals surface area contributed by atoms with E-state index >= 15 is 0 Å². The lowest BCUT2D eigenvalue weighted by Crippen LogP contribution is -2.45. The number of aromatic nitrogens is 1. The highest BCUT2D eigenvalue weighted by molar-refractivity contribution is 14.1. The van der Waals surface area contributed by atoms with Crippen LogP contribution in [0.2, 0.25) is 0 Å². The Morgan fingerprint density at radius 1 is 1.50 bits per heavy atom. The molecule has 112 valence electrons. The molecule has 20 heavy (non-hydrogen) atoms. The van der Waals surface area contributed by atoms with Crippen molar-refractivity contribution in [3.05, 3.63) is 14.1 Å². The highest BCUT2D eigenvalue weighted by Crippen LogP contribution is 2.14. The second kappa shape index (κ2) is 7.21. The van der Waals surface area contributed by atoms with Gasteiger partial charge in [-0.25, -0.2) is 14.6 Å². The summed E-state index contributed by atoms with van der Waals surface area (Å²) in [6.07, 6.45) is -0.376. The molecule has 8 heteroatoms. The molecule has 0 unspecified atom stereocenters. The van der Waals surface area contributed by atoms with E-state index in [1.807, 2.05) is 5.38 Å². The number of carbonyl (C=O) groups is 2. The van der Waals surface area contributed by atoms with E-state index in [2.05, 4.69) is 37.6 Å². The number of nitrogens with zero attached hydrogens (tertiary/aromatic N) is 1. The van der Waals surface area contributed by atoms with Crippen molar-refractivity contribution in [3.63, 3.8) is 0 Å². The van der Waals surface area contributed by atoms with Gasteiger partial charge in [0.1, 0.15) is 15.3 Å². The second-order valence-electron chi connectivity index (χ2n) is 4.99. The Balaban J connectivity index is 2.70. The predicted molar refractivity (Wildman–Crippen MR) is 83.7 cm³/mol. The highest BCUT2D eigenvalue weighted by Gasteiger charge is 2.26. The van der Waals surface area contributed by atoms with Crippen molar-refractivity contribution >= 4 is 46.0 Å². The van der Waals surface area contributed by atoms with Crippen molar-refractivity contribution in [3.8, 4) is 0 Å². The van der Waals surface area contributed by atoms with Crippen molar-refractivity contribution < 1.29 is 19.1 Å². The van der Waals surface area contributed by atoms with E-state index in [1.54, 1.807) is 20.8 Å². The molecule has 0 aromatic carbocycles. The Morgan fingerprint density at radius 2 is 2.15 bits per heavy atom. The number of carbonyl (C=O) groups excluding carboxylic acids is 2. The van der Waals surface area contributed by atoms with E-state index in [0.717, 1.165) is 8.71 Å². The first kappa shape index (κ1) is 17.2. The van der Waals surface area contributed by atoms with Crippen LogP contribution >= 0.6 is 33.9 Å². The lowest BCUT2D eigenvalue weighted by molar-refractivity contribution is -0.143. The molecular weight excluding hydrogens is 395 g/mol. The highest BCUT2D eigenvalue weighted by atomic mass is 127. The van der Waals surface area contributed by atoms with E-state index in [4.69, 9.17) is 4.74 Å². The summed E-state index contributed by atoms with van der Waals surface area (Å²) in [6.45, 7) is 5.26. The number of hydrogen-bond acceptors (Lipinski definition) is 6. The molecule has 1 atom stereocenters. The molecule has 1 aromatic heterocycles. The molecular formula is C12H17IN2O4S. The Hall–Kier alpha value is -0.900. The van der Waals surface area contributed by atoms with Crippen LogP contribution in [-0.4, -0.2) is 35.8 Å².